The second kappa shape index (κ2) is 5.61. The number of nitrogens with two attached hydrogens (primary N) is 1. The Kier molecular flexibility index (Phi) is 4.33. The maximum Gasteiger partial charge on any atom is 0.124 e. The van der Waals surface area contributed by atoms with Crippen LogP contribution in [0.5, 0.6) is 5.75 Å². The van der Waals surface area contributed by atoms with Gasteiger partial charge in [0.25, 0.3) is 0 Å². The number of halogens is 2. The average Bonchev–Trinajstić information content (AvgIpc) is 2.67. The van der Waals surface area contributed by atoms with Gasteiger partial charge in [0, 0.05) is 15.5 Å². The van der Waals surface area contributed by atoms with E-state index in [1.165, 1.54) is 4.88 Å². The third-order valence-corrected chi connectivity index (χ3v) is 4.59. The van der Waals surface area contributed by atoms with E-state index < -0.39 is 0 Å². The molecule has 5 heteroatoms. The highest BCUT2D eigenvalue weighted by molar-refractivity contribution is 9.11. The largest absolute Gasteiger partial charge is 0.496 e. The molecule has 0 amide bonds. The first-order chi connectivity index (χ1) is 8.52. The molecule has 0 spiro atoms. The Morgan fingerprint density at radius 2 is 2.06 bits per heavy atom. The normalized spacial score (nSPS) is 12.5. The minimum atomic E-state index is -0.235. The van der Waals surface area contributed by atoms with E-state index in [-0.39, 0.29) is 6.04 Å². The Morgan fingerprint density at radius 1 is 1.33 bits per heavy atom. The number of methoxy groups -OCH3 is 1. The number of rotatable bonds is 3. The summed E-state index contributed by atoms with van der Waals surface area (Å²) < 4.78 is 6.42. The van der Waals surface area contributed by atoms with Crippen LogP contribution < -0.4 is 10.5 Å². The highest BCUT2D eigenvalue weighted by atomic mass is 79.9. The van der Waals surface area contributed by atoms with E-state index in [0.717, 1.165) is 20.7 Å². The highest BCUT2D eigenvalue weighted by Crippen LogP contribution is 2.36. The first kappa shape index (κ1) is 13.9. The second-order valence-corrected chi connectivity index (χ2v) is 7.00. The lowest BCUT2D eigenvalue weighted by molar-refractivity contribution is 0.408. The number of hydrogen-bond acceptors (Lipinski definition) is 3. The minimum Gasteiger partial charge on any atom is -0.496 e. The van der Waals surface area contributed by atoms with Crippen molar-refractivity contribution in [3.8, 4) is 5.75 Å². The van der Waals surface area contributed by atoms with E-state index in [4.69, 9.17) is 22.1 Å². The van der Waals surface area contributed by atoms with Crippen LogP contribution in [0.3, 0.4) is 0 Å². The fraction of sp³-hybridized carbons (Fsp3) is 0.231. The quantitative estimate of drug-likeness (QED) is 0.886. The number of thiophene rings is 1. The Labute approximate surface area is 124 Å². The van der Waals surface area contributed by atoms with Gasteiger partial charge in [0.15, 0.2) is 0 Å². The smallest absolute Gasteiger partial charge is 0.124 e. The molecule has 1 aromatic heterocycles. The zero-order valence-electron chi connectivity index (χ0n) is 10.0. The molecule has 0 saturated heterocycles. The zero-order valence-corrected chi connectivity index (χ0v) is 13.2. The summed E-state index contributed by atoms with van der Waals surface area (Å²) in [5.74, 6) is 0.758. The van der Waals surface area contributed by atoms with Crippen molar-refractivity contribution in [2.24, 2.45) is 5.73 Å². The molecule has 2 nitrogen and oxygen atoms in total. The zero-order chi connectivity index (χ0) is 13.3. The molecular weight excluding hydrogens is 334 g/mol. The Balaban J connectivity index is 2.48. The molecule has 0 radical (unpaired) electrons. The summed E-state index contributed by atoms with van der Waals surface area (Å²) in [4.78, 5) is 1.19. The van der Waals surface area contributed by atoms with Gasteiger partial charge < -0.3 is 10.5 Å². The third kappa shape index (κ3) is 2.72. The van der Waals surface area contributed by atoms with Crippen LogP contribution in [0.15, 0.2) is 28.1 Å². The van der Waals surface area contributed by atoms with E-state index >= 15 is 0 Å². The average molecular weight is 347 g/mol. The monoisotopic (exact) mass is 345 g/mol. The van der Waals surface area contributed by atoms with Crippen molar-refractivity contribution >= 4 is 38.9 Å². The molecule has 2 aromatic rings. The predicted octanol–water partition coefficient (Wildman–Crippen LogP) is 4.53. The summed E-state index contributed by atoms with van der Waals surface area (Å²) in [6.45, 7) is 2.06. The van der Waals surface area contributed by atoms with Gasteiger partial charge >= 0.3 is 0 Å². The van der Waals surface area contributed by atoms with E-state index in [2.05, 4.69) is 22.9 Å². The molecule has 0 bridgehead atoms. The molecule has 2 N–H and O–H groups in total. The van der Waals surface area contributed by atoms with Crippen molar-refractivity contribution in [3.63, 3.8) is 0 Å². The third-order valence-electron chi connectivity index (χ3n) is 2.79. The van der Waals surface area contributed by atoms with Gasteiger partial charge in [0.1, 0.15) is 5.75 Å². The van der Waals surface area contributed by atoms with Crippen LogP contribution in [-0.2, 0) is 0 Å². The molecule has 2 rings (SSSR count). The number of ether oxygens (including phenoxy) is 1. The van der Waals surface area contributed by atoms with Crippen LogP contribution in [0.25, 0.3) is 0 Å². The van der Waals surface area contributed by atoms with Gasteiger partial charge in [-0.05, 0) is 52.7 Å². The molecule has 1 heterocycles. The van der Waals surface area contributed by atoms with Crippen molar-refractivity contribution in [3.05, 3.63) is 49.1 Å². The van der Waals surface area contributed by atoms with E-state index in [1.54, 1.807) is 24.5 Å². The molecular formula is C13H13BrClNOS. The van der Waals surface area contributed by atoms with Crippen LogP contribution in [0, 0.1) is 6.92 Å². The maximum absolute atomic E-state index is 6.32. The van der Waals surface area contributed by atoms with Crippen molar-refractivity contribution in [1.82, 2.24) is 0 Å². The summed E-state index contributed by atoms with van der Waals surface area (Å²) >= 11 is 11.2. The molecule has 1 unspecified atom stereocenters. The summed E-state index contributed by atoms with van der Waals surface area (Å²) in [6, 6.07) is 7.31. The molecule has 96 valence electrons. The van der Waals surface area contributed by atoms with Crippen LogP contribution in [0.2, 0.25) is 5.02 Å². The van der Waals surface area contributed by atoms with Gasteiger partial charge in [0.2, 0.25) is 0 Å². The van der Waals surface area contributed by atoms with Crippen molar-refractivity contribution in [1.29, 1.82) is 0 Å². The second-order valence-electron chi connectivity index (χ2n) is 3.93. The van der Waals surface area contributed by atoms with Gasteiger partial charge in [0.05, 0.1) is 16.9 Å². The fourth-order valence-corrected chi connectivity index (χ4v) is 3.82. The molecule has 0 fully saturated rings. The molecule has 1 aromatic carbocycles. The van der Waals surface area contributed by atoms with Gasteiger partial charge in [-0.1, -0.05) is 11.6 Å². The highest BCUT2D eigenvalue weighted by Gasteiger charge is 2.18. The van der Waals surface area contributed by atoms with Gasteiger partial charge in [-0.15, -0.1) is 11.3 Å². The number of aryl methyl sites for hydroxylation is 1. The Bertz CT molecular complexity index is 570. The van der Waals surface area contributed by atoms with Crippen LogP contribution in [-0.4, -0.2) is 7.11 Å². The lowest BCUT2D eigenvalue weighted by Gasteiger charge is -2.16. The summed E-state index contributed by atoms with van der Waals surface area (Å²) in [6.07, 6.45) is 0. The van der Waals surface area contributed by atoms with Gasteiger partial charge in [-0.3, -0.25) is 0 Å². The summed E-state index contributed by atoms with van der Waals surface area (Å²) in [7, 11) is 1.63. The maximum atomic E-state index is 6.32. The Hall–Kier alpha value is -0.550. The lowest BCUT2D eigenvalue weighted by Crippen LogP contribution is -2.13. The van der Waals surface area contributed by atoms with E-state index in [0.29, 0.717) is 5.02 Å². The van der Waals surface area contributed by atoms with Crippen LogP contribution >= 0.6 is 38.9 Å². The minimum absolute atomic E-state index is 0.235. The van der Waals surface area contributed by atoms with Crippen LogP contribution in [0.4, 0.5) is 0 Å². The van der Waals surface area contributed by atoms with Crippen molar-refractivity contribution < 1.29 is 4.74 Å². The Morgan fingerprint density at radius 3 is 2.61 bits per heavy atom. The van der Waals surface area contributed by atoms with Gasteiger partial charge in [-0.2, -0.15) is 0 Å². The van der Waals surface area contributed by atoms with E-state index in [1.807, 2.05) is 18.2 Å². The topological polar surface area (TPSA) is 35.2 Å². The number of benzene rings is 1. The first-order valence-electron chi connectivity index (χ1n) is 5.37. The van der Waals surface area contributed by atoms with Crippen molar-refractivity contribution in [2.45, 2.75) is 13.0 Å². The van der Waals surface area contributed by atoms with E-state index in [9.17, 15) is 0 Å². The first-order valence-corrected chi connectivity index (χ1v) is 7.36. The molecule has 0 saturated carbocycles. The molecule has 1 atom stereocenters. The summed E-state index contributed by atoms with van der Waals surface area (Å²) in [5, 5.41) is 0.660. The molecule has 0 aliphatic carbocycles. The van der Waals surface area contributed by atoms with Gasteiger partial charge in [-0.25, -0.2) is 0 Å². The number of hydrogen-bond donors (Lipinski definition) is 1. The predicted molar refractivity (Wildman–Crippen MR) is 80.8 cm³/mol. The molecule has 0 aliphatic heterocycles. The van der Waals surface area contributed by atoms with Crippen molar-refractivity contribution in [2.75, 3.05) is 7.11 Å². The lowest BCUT2D eigenvalue weighted by atomic mass is 9.99. The fourth-order valence-electron chi connectivity index (χ4n) is 1.88. The molecule has 0 aliphatic rings. The standard InChI is InChI=1S/C13H13BrClNOS/c1-7-9(6-12(14)18-7)13(16)10-5-8(15)3-4-11(10)17-2/h3-6,13H,16H2,1-2H3. The van der Waals surface area contributed by atoms with Crippen LogP contribution in [0.1, 0.15) is 22.0 Å². The SMILES string of the molecule is COc1ccc(Cl)cc1C(N)c1cc(Br)sc1C. The summed E-state index contributed by atoms with van der Waals surface area (Å²) in [5.41, 5.74) is 8.31. The molecule has 18 heavy (non-hydrogen) atoms.